The molecule has 0 saturated heterocycles. The third-order valence-corrected chi connectivity index (χ3v) is 3.68. The number of amides is 1. The van der Waals surface area contributed by atoms with Gasteiger partial charge in [-0.05, 0) is 38.7 Å². The first kappa shape index (κ1) is 13.1. The van der Waals surface area contributed by atoms with E-state index in [1.165, 1.54) is 18.4 Å². The summed E-state index contributed by atoms with van der Waals surface area (Å²) in [4.78, 5) is 12.1. The van der Waals surface area contributed by atoms with Crippen molar-refractivity contribution >= 4 is 5.91 Å². The van der Waals surface area contributed by atoms with Gasteiger partial charge in [-0.25, -0.2) is 0 Å². The molecule has 1 aliphatic carbocycles. The van der Waals surface area contributed by atoms with E-state index in [0.717, 1.165) is 19.3 Å². The molecule has 0 heterocycles. The van der Waals surface area contributed by atoms with Crippen LogP contribution in [0.25, 0.3) is 0 Å². The van der Waals surface area contributed by atoms with Crippen molar-refractivity contribution in [1.82, 2.24) is 5.32 Å². The normalized spacial score (nSPS) is 16.8. The summed E-state index contributed by atoms with van der Waals surface area (Å²) in [5, 5.41) is 3.21. The topological polar surface area (TPSA) is 29.1 Å². The average Bonchev–Trinajstić information content (AvgIpc) is 2.82. The Bertz CT molecular complexity index is 391. The van der Waals surface area contributed by atoms with Gasteiger partial charge < -0.3 is 5.32 Å². The van der Waals surface area contributed by atoms with E-state index in [1.54, 1.807) is 0 Å². The second-order valence-corrected chi connectivity index (χ2v) is 6.02. The van der Waals surface area contributed by atoms with Gasteiger partial charge in [-0.1, -0.05) is 43.2 Å². The molecule has 1 amide bonds. The first-order valence-corrected chi connectivity index (χ1v) is 6.93. The Balaban J connectivity index is 1.92. The lowest BCUT2D eigenvalue weighted by Crippen LogP contribution is -2.47. The molecule has 98 valence electrons. The highest BCUT2D eigenvalue weighted by molar-refractivity contribution is 5.79. The lowest BCUT2D eigenvalue weighted by molar-refractivity contribution is -0.126. The van der Waals surface area contributed by atoms with Crippen LogP contribution in [0, 0.1) is 5.92 Å². The van der Waals surface area contributed by atoms with E-state index in [4.69, 9.17) is 0 Å². The standard InChI is InChI=1S/C16H23NO/c1-16(2,12-13-8-4-3-5-9-13)17-15(18)14-10-6-7-11-14/h3-5,8-9,14H,6-7,10-12H2,1-2H3,(H,17,18). The minimum atomic E-state index is -0.166. The Morgan fingerprint density at radius 1 is 1.22 bits per heavy atom. The molecule has 1 aromatic rings. The van der Waals surface area contributed by atoms with Crippen LogP contribution in [-0.2, 0) is 11.2 Å². The second-order valence-electron chi connectivity index (χ2n) is 6.02. The van der Waals surface area contributed by atoms with Crippen LogP contribution in [0.5, 0.6) is 0 Å². The molecule has 1 aromatic carbocycles. The molecule has 0 unspecified atom stereocenters. The van der Waals surface area contributed by atoms with Crippen LogP contribution < -0.4 is 5.32 Å². The Morgan fingerprint density at radius 3 is 2.44 bits per heavy atom. The highest BCUT2D eigenvalue weighted by Gasteiger charge is 2.27. The number of rotatable bonds is 4. The largest absolute Gasteiger partial charge is 0.351 e. The molecule has 0 bridgehead atoms. The maximum absolute atomic E-state index is 12.1. The molecule has 1 saturated carbocycles. The van der Waals surface area contributed by atoms with E-state index < -0.39 is 0 Å². The van der Waals surface area contributed by atoms with Gasteiger partial charge in [0.05, 0.1) is 0 Å². The predicted molar refractivity (Wildman–Crippen MR) is 74.3 cm³/mol. The van der Waals surface area contributed by atoms with Gasteiger partial charge in [-0.2, -0.15) is 0 Å². The summed E-state index contributed by atoms with van der Waals surface area (Å²) in [6.45, 7) is 4.21. The van der Waals surface area contributed by atoms with Crippen molar-refractivity contribution in [2.45, 2.75) is 51.5 Å². The van der Waals surface area contributed by atoms with Gasteiger partial charge in [-0.3, -0.25) is 4.79 Å². The zero-order chi connectivity index (χ0) is 13.0. The smallest absolute Gasteiger partial charge is 0.223 e. The van der Waals surface area contributed by atoms with Gasteiger partial charge >= 0.3 is 0 Å². The minimum Gasteiger partial charge on any atom is -0.351 e. The van der Waals surface area contributed by atoms with Gasteiger partial charge in [-0.15, -0.1) is 0 Å². The van der Waals surface area contributed by atoms with E-state index in [2.05, 4.69) is 31.3 Å². The lowest BCUT2D eigenvalue weighted by Gasteiger charge is -2.28. The average molecular weight is 245 g/mol. The van der Waals surface area contributed by atoms with Gasteiger partial charge in [0.1, 0.15) is 0 Å². The molecular weight excluding hydrogens is 222 g/mol. The van der Waals surface area contributed by atoms with Crippen molar-refractivity contribution in [3.8, 4) is 0 Å². The van der Waals surface area contributed by atoms with Gasteiger partial charge in [0.25, 0.3) is 0 Å². The quantitative estimate of drug-likeness (QED) is 0.866. The van der Waals surface area contributed by atoms with Crippen molar-refractivity contribution < 1.29 is 4.79 Å². The maximum Gasteiger partial charge on any atom is 0.223 e. The van der Waals surface area contributed by atoms with E-state index in [9.17, 15) is 4.79 Å². The summed E-state index contributed by atoms with van der Waals surface area (Å²) in [6, 6.07) is 10.3. The highest BCUT2D eigenvalue weighted by atomic mass is 16.2. The highest BCUT2D eigenvalue weighted by Crippen LogP contribution is 2.25. The van der Waals surface area contributed by atoms with Crippen molar-refractivity contribution in [3.05, 3.63) is 35.9 Å². The van der Waals surface area contributed by atoms with Crippen molar-refractivity contribution in [3.63, 3.8) is 0 Å². The first-order valence-electron chi connectivity index (χ1n) is 6.93. The predicted octanol–water partition coefficient (Wildman–Crippen LogP) is 3.31. The zero-order valence-electron chi connectivity index (χ0n) is 11.4. The van der Waals surface area contributed by atoms with E-state index in [1.807, 2.05) is 18.2 Å². The molecule has 1 N–H and O–H groups in total. The molecular formula is C16H23NO. The maximum atomic E-state index is 12.1. The number of carbonyl (C=O) groups is 1. The van der Waals surface area contributed by atoms with Crippen LogP contribution in [0.15, 0.2) is 30.3 Å². The Morgan fingerprint density at radius 2 is 1.83 bits per heavy atom. The van der Waals surface area contributed by atoms with Crippen molar-refractivity contribution in [2.75, 3.05) is 0 Å². The van der Waals surface area contributed by atoms with Gasteiger partial charge in [0.2, 0.25) is 5.91 Å². The zero-order valence-corrected chi connectivity index (χ0v) is 11.4. The molecule has 0 aromatic heterocycles. The molecule has 0 aliphatic heterocycles. The second kappa shape index (κ2) is 5.55. The third-order valence-electron chi connectivity index (χ3n) is 3.68. The Kier molecular flexibility index (Phi) is 4.05. The third kappa shape index (κ3) is 3.59. The van der Waals surface area contributed by atoms with Crippen LogP contribution in [-0.4, -0.2) is 11.4 Å². The fourth-order valence-corrected chi connectivity index (χ4v) is 2.77. The molecule has 2 heteroatoms. The summed E-state index contributed by atoms with van der Waals surface area (Å²) in [6.07, 6.45) is 5.42. The molecule has 1 aliphatic rings. The fraction of sp³-hybridized carbons (Fsp3) is 0.562. The fourth-order valence-electron chi connectivity index (χ4n) is 2.77. The van der Waals surface area contributed by atoms with Crippen LogP contribution in [0.3, 0.4) is 0 Å². The Labute approximate surface area is 110 Å². The summed E-state index contributed by atoms with van der Waals surface area (Å²) >= 11 is 0. The molecule has 2 nitrogen and oxygen atoms in total. The number of carbonyl (C=O) groups excluding carboxylic acids is 1. The summed E-state index contributed by atoms with van der Waals surface area (Å²) in [5.74, 6) is 0.494. The first-order chi connectivity index (χ1) is 8.57. The van der Waals surface area contributed by atoms with E-state index >= 15 is 0 Å². The molecule has 0 spiro atoms. The van der Waals surface area contributed by atoms with Crippen molar-refractivity contribution in [2.24, 2.45) is 5.92 Å². The molecule has 1 fully saturated rings. The summed E-state index contributed by atoms with van der Waals surface area (Å²) < 4.78 is 0. The minimum absolute atomic E-state index is 0.166. The van der Waals surface area contributed by atoms with Crippen LogP contribution >= 0.6 is 0 Å². The molecule has 2 rings (SSSR count). The number of hydrogen-bond acceptors (Lipinski definition) is 1. The summed E-state index contributed by atoms with van der Waals surface area (Å²) in [5.41, 5.74) is 1.11. The molecule has 0 atom stereocenters. The van der Waals surface area contributed by atoms with Crippen LogP contribution in [0.1, 0.15) is 45.1 Å². The van der Waals surface area contributed by atoms with Crippen LogP contribution in [0.4, 0.5) is 0 Å². The van der Waals surface area contributed by atoms with Crippen molar-refractivity contribution in [1.29, 1.82) is 0 Å². The monoisotopic (exact) mass is 245 g/mol. The lowest BCUT2D eigenvalue weighted by atomic mass is 9.93. The Hall–Kier alpha value is -1.31. The number of benzene rings is 1. The molecule has 18 heavy (non-hydrogen) atoms. The SMILES string of the molecule is CC(C)(Cc1ccccc1)NC(=O)C1CCCC1. The van der Waals surface area contributed by atoms with Crippen LogP contribution in [0.2, 0.25) is 0 Å². The summed E-state index contributed by atoms with van der Waals surface area (Å²) in [7, 11) is 0. The number of hydrogen-bond donors (Lipinski definition) is 1. The van der Waals surface area contributed by atoms with E-state index in [-0.39, 0.29) is 17.4 Å². The number of nitrogens with one attached hydrogen (secondary N) is 1. The molecule has 0 radical (unpaired) electrons. The van der Waals surface area contributed by atoms with E-state index in [0.29, 0.717) is 0 Å². The van der Waals surface area contributed by atoms with Gasteiger partial charge in [0.15, 0.2) is 0 Å². The van der Waals surface area contributed by atoms with Gasteiger partial charge in [0, 0.05) is 11.5 Å².